The molecule has 6 nitrogen and oxygen atoms in total. The minimum Gasteiger partial charge on any atom is -0.282 e. The van der Waals surface area contributed by atoms with Gasteiger partial charge in [0.25, 0.3) is 11.1 Å². The fraction of sp³-hybridized carbons (Fsp3) is 0. The van der Waals surface area contributed by atoms with Crippen LogP contribution < -0.4 is 5.32 Å². The predicted molar refractivity (Wildman–Crippen MR) is 117 cm³/mol. The normalized spacial score (nSPS) is 15.0. The summed E-state index contributed by atoms with van der Waals surface area (Å²) in [6, 6.07) is 14.0. The van der Waals surface area contributed by atoms with Crippen LogP contribution in [0.15, 0.2) is 78.4 Å². The molecule has 0 spiro atoms. The van der Waals surface area contributed by atoms with E-state index in [2.05, 4.69) is 26.3 Å². The van der Waals surface area contributed by atoms with Crippen molar-refractivity contribution < 1.29 is 9.59 Å². The molecule has 1 fully saturated rings. The number of rotatable bonds is 3. The zero-order chi connectivity index (χ0) is 20.5. The Morgan fingerprint density at radius 2 is 1.70 bits per heavy atom. The van der Waals surface area contributed by atoms with E-state index in [1.807, 2.05) is 36.4 Å². The molecule has 30 heavy (non-hydrogen) atoms. The molecule has 3 aromatic heterocycles. The first kappa shape index (κ1) is 18.2. The Labute approximate surface area is 176 Å². The van der Waals surface area contributed by atoms with Crippen molar-refractivity contribution in [2.45, 2.75) is 0 Å². The Bertz CT molecular complexity index is 1340. The van der Waals surface area contributed by atoms with Crippen LogP contribution in [0, 0.1) is 0 Å². The minimum absolute atomic E-state index is 0.360. The van der Waals surface area contributed by atoms with E-state index in [0.29, 0.717) is 4.91 Å². The Balaban J connectivity index is 1.58. The highest BCUT2D eigenvalue weighted by molar-refractivity contribution is 8.18. The van der Waals surface area contributed by atoms with Gasteiger partial charge < -0.3 is 0 Å². The molecule has 0 unspecified atom stereocenters. The van der Waals surface area contributed by atoms with Gasteiger partial charge >= 0.3 is 0 Å². The second-order valence-electron chi connectivity index (χ2n) is 6.69. The number of fused-ring (bicyclic) bond motifs is 1. The van der Waals surface area contributed by atoms with Crippen molar-refractivity contribution in [2.75, 3.05) is 0 Å². The third-order valence-electron chi connectivity index (χ3n) is 4.77. The molecule has 5 rings (SSSR count). The summed E-state index contributed by atoms with van der Waals surface area (Å²) in [4.78, 5) is 36.4. The predicted octanol–water partition coefficient (Wildman–Crippen LogP) is 4.68. The van der Waals surface area contributed by atoms with Gasteiger partial charge in [-0.3, -0.25) is 29.9 Å². The Morgan fingerprint density at radius 3 is 2.50 bits per heavy atom. The second kappa shape index (κ2) is 7.53. The highest BCUT2D eigenvalue weighted by Gasteiger charge is 2.24. The Kier molecular flexibility index (Phi) is 4.57. The van der Waals surface area contributed by atoms with E-state index in [1.54, 1.807) is 37.1 Å². The van der Waals surface area contributed by atoms with Crippen LogP contribution in [0.3, 0.4) is 0 Å². The topological polar surface area (TPSA) is 84.8 Å². The van der Waals surface area contributed by atoms with Gasteiger partial charge in [-0.1, -0.05) is 6.07 Å². The van der Waals surface area contributed by atoms with E-state index in [1.165, 1.54) is 0 Å². The first-order valence-electron chi connectivity index (χ1n) is 9.17. The maximum atomic E-state index is 11.8. The molecule has 1 aliphatic heterocycles. The van der Waals surface area contributed by atoms with Crippen LogP contribution >= 0.6 is 11.8 Å². The average Bonchev–Trinajstić information content (AvgIpc) is 3.10. The largest absolute Gasteiger partial charge is 0.290 e. The molecule has 1 saturated heterocycles. The summed E-state index contributed by atoms with van der Waals surface area (Å²) in [5.41, 5.74) is 5.69. The van der Waals surface area contributed by atoms with Crippen LogP contribution in [-0.2, 0) is 4.79 Å². The monoisotopic (exact) mass is 410 g/mol. The fourth-order valence-electron chi connectivity index (χ4n) is 3.38. The summed E-state index contributed by atoms with van der Waals surface area (Å²) in [5.74, 6) is -0.380. The van der Waals surface area contributed by atoms with Crippen LogP contribution in [0.2, 0.25) is 0 Å². The first-order valence-corrected chi connectivity index (χ1v) is 9.98. The van der Waals surface area contributed by atoms with Crippen molar-refractivity contribution >= 4 is 39.9 Å². The quantitative estimate of drug-likeness (QED) is 0.494. The number of carbonyl (C=O) groups excluding carboxylic acids is 2. The van der Waals surface area contributed by atoms with Crippen LogP contribution in [0.25, 0.3) is 39.2 Å². The summed E-state index contributed by atoms with van der Waals surface area (Å²) in [6.45, 7) is 0. The Hall–Kier alpha value is -3.84. The molecule has 4 heterocycles. The van der Waals surface area contributed by atoms with Crippen molar-refractivity contribution in [3.05, 3.63) is 83.9 Å². The number of hydrogen-bond donors (Lipinski definition) is 1. The van der Waals surface area contributed by atoms with E-state index in [4.69, 9.17) is 0 Å². The van der Waals surface area contributed by atoms with Gasteiger partial charge in [0.2, 0.25) is 0 Å². The number of pyridine rings is 3. The lowest BCUT2D eigenvalue weighted by atomic mass is 9.98. The smallest absolute Gasteiger partial charge is 0.282 e. The first-order chi connectivity index (χ1) is 14.7. The van der Waals surface area contributed by atoms with E-state index >= 15 is 0 Å². The summed E-state index contributed by atoms with van der Waals surface area (Å²) in [6.07, 6.45) is 10.5. The molecular formula is C23H14N4O2S. The van der Waals surface area contributed by atoms with Gasteiger partial charge in [0.15, 0.2) is 0 Å². The highest BCUT2D eigenvalue weighted by Crippen LogP contribution is 2.32. The number of carbonyl (C=O) groups is 2. The highest BCUT2D eigenvalue weighted by atomic mass is 32.2. The molecule has 7 heteroatoms. The molecular weight excluding hydrogens is 396 g/mol. The van der Waals surface area contributed by atoms with E-state index < -0.39 is 0 Å². The summed E-state index contributed by atoms with van der Waals surface area (Å²) < 4.78 is 0. The molecule has 4 aromatic rings. The number of benzene rings is 1. The van der Waals surface area contributed by atoms with Crippen LogP contribution in [0.5, 0.6) is 0 Å². The number of nitrogens with one attached hydrogen (secondary N) is 1. The van der Waals surface area contributed by atoms with E-state index in [-0.39, 0.29) is 11.1 Å². The van der Waals surface area contributed by atoms with E-state index in [9.17, 15) is 9.59 Å². The van der Waals surface area contributed by atoms with Crippen LogP contribution in [-0.4, -0.2) is 26.1 Å². The molecule has 0 saturated carbocycles. The average molecular weight is 410 g/mol. The van der Waals surface area contributed by atoms with Crippen molar-refractivity contribution in [2.24, 2.45) is 0 Å². The minimum atomic E-state index is -0.380. The molecule has 0 bridgehead atoms. The van der Waals surface area contributed by atoms with Gasteiger partial charge in [-0.15, -0.1) is 0 Å². The summed E-state index contributed by atoms with van der Waals surface area (Å²) in [7, 11) is 0. The van der Waals surface area contributed by atoms with Crippen LogP contribution in [0.4, 0.5) is 4.79 Å². The van der Waals surface area contributed by atoms with Gasteiger partial charge in [-0.2, -0.15) is 0 Å². The van der Waals surface area contributed by atoms with Crippen molar-refractivity contribution in [1.82, 2.24) is 20.3 Å². The van der Waals surface area contributed by atoms with Crippen LogP contribution in [0.1, 0.15) is 5.56 Å². The third-order valence-corrected chi connectivity index (χ3v) is 5.58. The zero-order valence-corrected chi connectivity index (χ0v) is 16.4. The van der Waals surface area contributed by atoms with Crippen molar-refractivity contribution in [3.8, 4) is 22.3 Å². The standard InChI is InChI=1S/C23H14N4O2S/c28-22-21(30-23(29)27-22)10-14-9-17(13-25-12-14)16-1-2-20-19(11-16)18(5-8-26-20)15-3-6-24-7-4-15/h1-13H,(H,27,28,29). The maximum Gasteiger partial charge on any atom is 0.290 e. The maximum absolute atomic E-state index is 11.8. The number of nitrogens with zero attached hydrogens (tertiary/aromatic N) is 3. The summed E-state index contributed by atoms with van der Waals surface area (Å²) >= 11 is 0.892. The van der Waals surface area contributed by atoms with Crippen molar-refractivity contribution in [3.63, 3.8) is 0 Å². The fourth-order valence-corrected chi connectivity index (χ4v) is 4.06. The second-order valence-corrected chi connectivity index (χ2v) is 7.70. The number of thioether (sulfide) groups is 1. The van der Waals surface area contributed by atoms with Gasteiger partial charge in [-0.25, -0.2) is 0 Å². The van der Waals surface area contributed by atoms with Crippen molar-refractivity contribution in [1.29, 1.82) is 0 Å². The molecule has 1 N–H and O–H groups in total. The number of amides is 2. The lowest BCUT2D eigenvalue weighted by Crippen LogP contribution is -2.17. The molecule has 1 aromatic carbocycles. The van der Waals surface area contributed by atoms with Gasteiger partial charge in [0.05, 0.1) is 10.4 Å². The third kappa shape index (κ3) is 3.46. The van der Waals surface area contributed by atoms with Gasteiger partial charge in [0.1, 0.15) is 0 Å². The lowest BCUT2D eigenvalue weighted by molar-refractivity contribution is -0.115. The molecule has 0 radical (unpaired) electrons. The molecule has 0 aliphatic carbocycles. The molecule has 1 aliphatic rings. The summed E-state index contributed by atoms with van der Waals surface area (Å²) in [5, 5.41) is 2.93. The Morgan fingerprint density at radius 1 is 0.833 bits per heavy atom. The lowest BCUT2D eigenvalue weighted by Gasteiger charge is -2.09. The number of imide groups is 1. The van der Waals surface area contributed by atoms with Gasteiger partial charge in [0, 0.05) is 41.9 Å². The molecule has 144 valence electrons. The number of aromatic nitrogens is 3. The number of hydrogen-bond acceptors (Lipinski definition) is 6. The van der Waals surface area contributed by atoms with Gasteiger partial charge in [-0.05, 0) is 76.5 Å². The molecule has 2 amide bonds. The molecule has 0 atom stereocenters. The zero-order valence-electron chi connectivity index (χ0n) is 15.6. The SMILES string of the molecule is O=C1NC(=O)C(=Cc2cncc(-c3ccc4nccc(-c5ccncc5)c4c3)c2)S1. The van der Waals surface area contributed by atoms with E-state index in [0.717, 1.165) is 50.5 Å².